The van der Waals surface area contributed by atoms with Gasteiger partial charge in [-0.15, -0.1) is 0 Å². The molecule has 0 aliphatic carbocycles. The van der Waals surface area contributed by atoms with Gasteiger partial charge < -0.3 is 14.4 Å². The van der Waals surface area contributed by atoms with Crippen LogP contribution in [-0.4, -0.2) is 43.3 Å². The van der Waals surface area contributed by atoms with Crippen molar-refractivity contribution < 1.29 is 37.6 Å². The van der Waals surface area contributed by atoms with Crippen molar-refractivity contribution >= 4 is 19.8 Å². The molecule has 0 spiro atoms. The molecule has 0 aromatic rings. The number of unbranched alkanes of at least 4 members (excludes halogenated alkanes) is 24. The van der Waals surface area contributed by atoms with E-state index in [1.54, 1.807) is 0 Å². The van der Waals surface area contributed by atoms with Crippen LogP contribution in [0.1, 0.15) is 206 Å². The van der Waals surface area contributed by atoms with Crippen LogP contribution in [0.2, 0.25) is 0 Å². The first-order chi connectivity index (χ1) is 24.8. The van der Waals surface area contributed by atoms with Crippen molar-refractivity contribution in [3.8, 4) is 0 Å². The molecule has 51 heavy (non-hydrogen) atoms. The lowest BCUT2D eigenvalue weighted by Gasteiger charge is -2.19. The van der Waals surface area contributed by atoms with Crippen molar-refractivity contribution in [2.45, 2.75) is 213 Å². The first-order valence-corrected chi connectivity index (χ1v) is 22.5. The summed E-state index contributed by atoms with van der Waals surface area (Å²) in [6, 6.07) is 0. The number of ether oxygens (including phenoxy) is 2. The topological polar surface area (TPSA) is 108 Å². The Morgan fingerprint density at radius 2 is 0.941 bits per heavy atom. The van der Waals surface area contributed by atoms with E-state index in [2.05, 4.69) is 42.7 Å². The highest BCUT2D eigenvalue weighted by Gasteiger charge is 2.24. The summed E-state index contributed by atoms with van der Waals surface area (Å²) in [6.07, 6.45) is 42.2. The minimum atomic E-state index is -4.26. The van der Waals surface area contributed by atoms with Gasteiger partial charge in [0.1, 0.15) is 6.61 Å². The summed E-state index contributed by atoms with van der Waals surface area (Å²) in [5.41, 5.74) is 0. The number of hydrogen-bond donors (Lipinski definition) is 1. The summed E-state index contributed by atoms with van der Waals surface area (Å²) < 4.78 is 32.0. The molecule has 0 amide bonds. The number of phosphoric acid groups is 1. The molecule has 0 radical (unpaired) electrons. The van der Waals surface area contributed by atoms with Gasteiger partial charge in [0.2, 0.25) is 0 Å². The van der Waals surface area contributed by atoms with Gasteiger partial charge in [-0.05, 0) is 44.9 Å². The summed E-state index contributed by atoms with van der Waals surface area (Å²) in [5.74, 6) is -0.805. The highest BCUT2D eigenvalue weighted by Crippen LogP contribution is 2.42. The van der Waals surface area contributed by atoms with Crippen molar-refractivity contribution in [1.82, 2.24) is 0 Å². The fourth-order valence-electron chi connectivity index (χ4n) is 5.92. The minimum absolute atomic E-state index is 0.224. The molecule has 9 heteroatoms. The van der Waals surface area contributed by atoms with Gasteiger partial charge in [0.25, 0.3) is 0 Å². The van der Waals surface area contributed by atoms with E-state index in [1.807, 2.05) is 0 Å². The van der Waals surface area contributed by atoms with Crippen molar-refractivity contribution in [3.63, 3.8) is 0 Å². The number of carbonyl (C=O) groups is 2. The molecule has 2 atom stereocenters. The van der Waals surface area contributed by atoms with Gasteiger partial charge in [-0.1, -0.05) is 173 Å². The Balaban J connectivity index is 4.00. The standard InChI is InChI=1S/C42H79O8P/c1-4-6-8-10-12-14-16-18-20-21-22-23-25-27-29-31-33-35-37-42(44)50-40(39-49-51(45,46)47-3)38-48-41(43)36-34-32-30-28-26-24-19-17-15-13-11-9-7-5-2/h14,16,20-21,40H,4-13,15,17-19,22-39H2,1-3H3,(H,45,46)/b16-14-,21-20-. The molecule has 0 aliphatic heterocycles. The van der Waals surface area contributed by atoms with Crippen LogP contribution in [0.15, 0.2) is 24.3 Å². The Morgan fingerprint density at radius 1 is 0.549 bits per heavy atom. The second-order valence-electron chi connectivity index (χ2n) is 14.1. The van der Waals surface area contributed by atoms with Crippen molar-refractivity contribution in [1.29, 1.82) is 0 Å². The van der Waals surface area contributed by atoms with Crippen LogP contribution >= 0.6 is 7.82 Å². The molecule has 8 nitrogen and oxygen atoms in total. The normalized spacial score (nSPS) is 13.6. The maximum Gasteiger partial charge on any atom is 0.472 e. The van der Waals surface area contributed by atoms with E-state index in [0.717, 1.165) is 58.5 Å². The zero-order valence-corrected chi connectivity index (χ0v) is 34.2. The molecule has 0 bridgehead atoms. The molecule has 0 saturated carbocycles. The maximum atomic E-state index is 12.5. The monoisotopic (exact) mass is 743 g/mol. The fraction of sp³-hybridized carbons (Fsp3) is 0.857. The highest BCUT2D eigenvalue weighted by molar-refractivity contribution is 7.47. The van der Waals surface area contributed by atoms with Gasteiger partial charge in [0, 0.05) is 20.0 Å². The second kappa shape index (κ2) is 38.3. The molecule has 300 valence electrons. The maximum absolute atomic E-state index is 12.5. The first kappa shape index (κ1) is 49.5. The largest absolute Gasteiger partial charge is 0.472 e. The molecule has 0 fully saturated rings. The third kappa shape index (κ3) is 38.1. The molecule has 2 unspecified atom stereocenters. The summed E-state index contributed by atoms with van der Waals surface area (Å²) >= 11 is 0. The van der Waals surface area contributed by atoms with Gasteiger partial charge in [-0.25, -0.2) is 4.57 Å². The van der Waals surface area contributed by atoms with Gasteiger partial charge in [0.05, 0.1) is 6.61 Å². The number of hydrogen-bond acceptors (Lipinski definition) is 7. The summed E-state index contributed by atoms with van der Waals surface area (Å²) in [4.78, 5) is 34.4. The van der Waals surface area contributed by atoms with E-state index in [4.69, 9.17) is 14.0 Å². The predicted octanol–water partition coefficient (Wildman–Crippen LogP) is 13.1. The molecule has 0 aliphatic rings. The molecular weight excluding hydrogens is 663 g/mol. The van der Waals surface area contributed by atoms with E-state index in [9.17, 15) is 19.0 Å². The molecule has 0 saturated heterocycles. The smallest absolute Gasteiger partial charge is 0.462 e. The second-order valence-corrected chi connectivity index (χ2v) is 15.7. The van der Waals surface area contributed by atoms with Gasteiger partial charge >= 0.3 is 19.8 Å². The minimum Gasteiger partial charge on any atom is -0.462 e. The lowest BCUT2D eigenvalue weighted by molar-refractivity contribution is -0.161. The quantitative estimate of drug-likeness (QED) is 0.0287. The van der Waals surface area contributed by atoms with E-state index in [1.165, 1.54) is 122 Å². The summed E-state index contributed by atoms with van der Waals surface area (Å²) in [6.45, 7) is 3.88. The van der Waals surface area contributed by atoms with Crippen LogP contribution in [-0.2, 0) is 32.7 Å². The molecular formula is C42H79O8P. The molecule has 0 aromatic heterocycles. The van der Waals surface area contributed by atoms with E-state index < -0.39 is 26.5 Å². The Labute approximate surface area is 313 Å². The van der Waals surface area contributed by atoms with Gasteiger partial charge in [-0.2, -0.15) is 0 Å². The Kier molecular flexibility index (Phi) is 37.2. The highest BCUT2D eigenvalue weighted by atomic mass is 31.2. The Hall–Kier alpha value is -1.47. The van der Waals surface area contributed by atoms with Crippen LogP contribution < -0.4 is 0 Å². The number of rotatable bonds is 39. The fourth-order valence-corrected chi connectivity index (χ4v) is 6.38. The average molecular weight is 743 g/mol. The van der Waals surface area contributed by atoms with Crippen LogP contribution in [0.25, 0.3) is 0 Å². The summed E-state index contributed by atoms with van der Waals surface area (Å²) in [5, 5.41) is 0. The third-order valence-electron chi connectivity index (χ3n) is 9.20. The van der Waals surface area contributed by atoms with Crippen molar-refractivity contribution in [3.05, 3.63) is 24.3 Å². The molecule has 1 N–H and O–H groups in total. The van der Waals surface area contributed by atoms with Crippen LogP contribution in [0, 0.1) is 0 Å². The molecule has 0 heterocycles. The van der Waals surface area contributed by atoms with Crippen LogP contribution in [0.4, 0.5) is 0 Å². The average Bonchev–Trinajstić information content (AvgIpc) is 3.12. The van der Waals surface area contributed by atoms with Crippen LogP contribution in [0.3, 0.4) is 0 Å². The zero-order chi connectivity index (χ0) is 37.5. The van der Waals surface area contributed by atoms with Crippen molar-refractivity contribution in [2.24, 2.45) is 0 Å². The Bertz CT molecular complexity index is 890. The Morgan fingerprint density at radius 3 is 1.39 bits per heavy atom. The van der Waals surface area contributed by atoms with Crippen LogP contribution in [0.5, 0.6) is 0 Å². The predicted molar refractivity (Wildman–Crippen MR) is 212 cm³/mol. The number of esters is 2. The van der Waals surface area contributed by atoms with E-state index in [-0.39, 0.29) is 19.0 Å². The number of allylic oxidation sites excluding steroid dienone is 4. The number of carbonyl (C=O) groups excluding carboxylic acids is 2. The van der Waals surface area contributed by atoms with E-state index in [0.29, 0.717) is 12.8 Å². The van der Waals surface area contributed by atoms with E-state index >= 15 is 0 Å². The third-order valence-corrected chi connectivity index (χ3v) is 10.1. The molecule has 0 rings (SSSR count). The first-order valence-electron chi connectivity index (χ1n) is 21.0. The molecule has 0 aromatic carbocycles. The number of phosphoric ester groups is 1. The lowest BCUT2D eigenvalue weighted by atomic mass is 10.0. The lowest BCUT2D eigenvalue weighted by Crippen LogP contribution is -2.29. The van der Waals surface area contributed by atoms with Gasteiger partial charge in [-0.3, -0.25) is 18.6 Å². The zero-order valence-electron chi connectivity index (χ0n) is 33.3. The van der Waals surface area contributed by atoms with Gasteiger partial charge in [0.15, 0.2) is 6.10 Å². The summed E-state index contributed by atoms with van der Waals surface area (Å²) in [7, 11) is -3.20. The van der Waals surface area contributed by atoms with Crippen molar-refractivity contribution in [2.75, 3.05) is 20.3 Å². The SMILES string of the molecule is CCCCCC/C=C\C/C=C\CCCCCCCCCC(=O)OC(COC(=O)CCCCCCCCCCCCCCCC)COP(=O)(O)OC.